The van der Waals surface area contributed by atoms with E-state index in [0.717, 1.165) is 33.1 Å². The van der Waals surface area contributed by atoms with Crippen LogP contribution in [0.5, 0.6) is 0 Å². The molecule has 0 saturated heterocycles. The summed E-state index contributed by atoms with van der Waals surface area (Å²) in [6.45, 7) is 1.38. The van der Waals surface area contributed by atoms with E-state index in [2.05, 4.69) is 49.3 Å². The standard InChI is InChI=1S/C23H20FN5/c24-19-9-7-17(8-10-19)22(14-29-15-26-20-3-1-2-4-23(20)29)25-12-16-5-6-18-13-27-28-21(18)11-16/h1-11,13,15,22,25H,12,14H2,(H,27,28)/t22-/m0/s1. The van der Waals surface area contributed by atoms with Crippen LogP contribution >= 0.6 is 0 Å². The molecule has 0 amide bonds. The summed E-state index contributed by atoms with van der Waals surface area (Å²) in [5, 5.41) is 11.8. The van der Waals surface area contributed by atoms with E-state index in [-0.39, 0.29) is 11.9 Å². The van der Waals surface area contributed by atoms with Crippen LogP contribution in [0.2, 0.25) is 0 Å². The highest BCUT2D eigenvalue weighted by Crippen LogP contribution is 2.21. The van der Waals surface area contributed by atoms with Crippen molar-refractivity contribution in [1.82, 2.24) is 25.1 Å². The molecule has 6 heteroatoms. The van der Waals surface area contributed by atoms with E-state index in [0.29, 0.717) is 13.1 Å². The van der Waals surface area contributed by atoms with Crippen molar-refractivity contribution in [3.63, 3.8) is 0 Å². The molecule has 144 valence electrons. The number of imidazole rings is 1. The zero-order valence-corrected chi connectivity index (χ0v) is 15.7. The summed E-state index contributed by atoms with van der Waals surface area (Å²) in [5.74, 6) is -0.231. The number of halogens is 1. The normalized spacial score (nSPS) is 12.6. The lowest BCUT2D eigenvalue weighted by atomic mass is 10.1. The fourth-order valence-corrected chi connectivity index (χ4v) is 3.67. The zero-order valence-electron chi connectivity index (χ0n) is 15.7. The minimum Gasteiger partial charge on any atom is -0.329 e. The third-order valence-corrected chi connectivity index (χ3v) is 5.24. The highest BCUT2D eigenvalue weighted by atomic mass is 19.1. The van der Waals surface area contributed by atoms with E-state index in [4.69, 9.17) is 0 Å². The van der Waals surface area contributed by atoms with Gasteiger partial charge in [0.1, 0.15) is 5.82 Å². The molecule has 0 bridgehead atoms. The van der Waals surface area contributed by atoms with Crippen LogP contribution in [0.1, 0.15) is 17.2 Å². The Balaban J connectivity index is 1.42. The molecule has 5 aromatic rings. The number of nitrogens with zero attached hydrogens (tertiary/aromatic N) is 3. The molecule has 29 heavy (non-hydrogen) atoms. The number of benzene rings is 3. The minimum absolute atomic E-state index is 0.00525. The van der Waals surface area contributed by atoms with Crippen molar-refractivity contribution in [3.05, 3.63) is 96.2 Å². The number of fused-ring (bicyclic) bond motifs is 2. The Morgan fingerprint density at radius 1 is 1.03 bits per heavy atom. The Kier molecular flexibility index (Phi) is 4.54. The summed E-state index contributed by atoms with van der Waals surface area (Å²) in [5.41, 5.74) is 5.26. The Labute approximate surface area is 167 Å². The number of para-hydroxylation sites is 2. The van der Waals surface area contributed by atoms with E-state index in [1.165, 1.54) is 12.1 Å². The molecule has 0 aliphatic rings. The van der Waals surface area contributed by atoms with Gasteiger partial charge in [-0.3, -0.25) is 5.10 Å². The van der Waals surface area contributed by atoms with Crippen LogP contribution in [0.15, 0.2) is 79.3 Å². The van der Waals surface area contributed by atoms with E-state index in [9.17, 15) is 4.39 Å². The predicted octanol–water partition coefficient (Wildman–Crippen LogP) is 4.58. The van der Waals surface area contributed by atoms with Crippen LogP contribution < -0.4 is 5.32 Å². The Hall–Kier alpha value is -3.51. The summed E-state index contributed by atoms with van der Waals surface area (Å²) in [4.78, 5) is 4.49. The predicted molar refractivity (Wildman–Crippen MR) is 112 cm³/mol. The van der Waals surface area contributed by atoms with E-state index < -0.39 is 0 Å². The van der Waals surface area contributed by atoms with Crippen molar-refractivity contribution in [3.8, 4) is 0 Å². The van der Waals surface area contributed by atoms with E-state index in [1.54, 1.807) is 0 Å². The smallest absolute Gasteiger partial charge is 0.123 e. The van der Waals surface area contributed by atoms with E-state index >= 15 is 0 Å². The molecular weight excluding hydrogens is 365 g/mol. The van der Waals surface area contributed by atoms with Crippen LogP contribution in [0.3, 0.4) is 0 Å². The molecule has 0 radical (unpaired) electrons. The summed E-state index contributed by atoms with van der Waals surface area (Å²) >= 11 is 0. The number of nitrogens with one attached hydrogen (secondary N) is 2. The lowest BCUT2D eigenvalue weighted by Crippen LogP contribution is -2.25. The fraction of sp³-hybridized carbons (Fsp3) is 0.130. The summed E-state index contributed by atoms with van der Waals surface area (Å²) in [6.07, 6.45) is 3.68. The van der Waals surface area contributed by atoms with Crippen LogP contribution in [0.25, 0.3) is 21.9 Å². The first kappa shape index (κ1) is 17.6. The minimum atomic E-state index is -0.231. The maximum absolute atomic E-state index is 13.5. The third kappa shape index (κ3) is 3.62. The summed E-state index contributed by atoms with van der Waals surface area (Å²) < 4.78 is 15.6. The van der Waals surface area contributed by atoms with Crippen molar-refractivity contribution in [2.75, 3.05) is 0 Å². The fourth-order valence-electron chi connectivity index (χ4n) is 3.67. The molecular formula is C23H20FN5. The van der Waals surface area contributed by atoms with Crippen molar-refractivity contribution in [1.29, 1.82) is 0 Å². The van der Waals surface area contributed by atoms with Crippen LogP contribution in [0.4, 0.5) is 4.39 Å². The number of hydrogen-bond donors (Lipinski definition) is 2. The lowest BCUT2D eigenvalue weighted by Gasteiger charge is -2.20. The van der Waals surface area contributed by atoms with Gasteiger partial charge in [0.05, 0.1) is 35.1 Å². The van der Waals surface area contributed by atoms with Crippen molar-refractivity contribution in [2.24, 2.45) is 0 Å². The van der Waals surface area contributed by atoms with Gasteiger partial charge >= 0.3 is 0 Å². The average Bonchev–Trinajstić information content (AvgIpc) is 3.38. The number of aromatic amines is 1. The van der Waals surface area contributed by atoms with Crippen molar-refractivity contribution in [2.45, 2.75) is 19.1 Å². The second-order valence-corrected chi connectivity index (χ2v) is 7.16. The first-order chi connectivity index (χ1) is 14.3. The first-order valence-electron chi connectivity index (χ1n) is 9.57. The van der Waals surface area contributed by atoms with Gasteiger partial charge in [-0.05, 0) is 41.5 Å². The van der Waals surface area contributed by atoms with E-state index in [1.807, 2.05) is 42.9 Å². The second kappa shape index (κ2) is 7.48. The molecule has 0 saturated carbocycles. The van der Waals surface area contributed by atoms with Gasteiger partial charge in [0.15, 0.2) is 0 Å². The van der Waals surface area contributed by atoms with Crippen molar-refractivity contribution < 1.29 is 4.39 Å². The maximum Gasteiger partial charge on any atom is 0.123 e. The van der Waals surface area contributed by atoms with Crippen molar-refractivity contribution >= 4 is 21.9 Å². The highest BCUT2D eigenvalue weighted by Gasteiger charge is 2.14. The van der Waals surface area contributed by atoms with Gasteiger partial charge < -0.3 is 9.88 Å². The molecule has 5 rings (SSSR count). The molecule has 0 spiro atoms. The molecule has 0 fully saturated rings. The third-order valence-electron chi connectivity index (χ3n) is 5.24. The van der Waals surface area contributed by atoms with Gasteiger partial charge in [0, 0.05) is 18.5 Å². The second-order valence-electron chi connectivity index (χ2n) is 7.16. The van der Waals surface area contributed by atoms with Crippen LogP contribution in [-0.2, 0) is 13.1 Å². The summed E-state index contributed by atoms with van der Waals surface area (Å²) in [7, 11) is 0. The number of aromatic nitrogens is 4. The monoisotopic (exact) mass is 385 g/mol. The molecule has 3 aromatic carbocycles. The van der Waals surface area contributed by atoms with Gasteiger partial charge in [-0.15, -0.1) is 0 Å². The number of H-pyrrole nitrogens is 1. The SMILES string of the molecule is Fc1ccc([C@H](Cn2cnc3ccccc32)NCc2ccc3cn[nH]c3c2)cc1. The Bertz CT molecular complexity index is 1260. The summed E-state index contributed by atoms with van der Waals surface area (Å²) in [6, 6.07) is 21.0. The quantitative estimate of drug-likeness (QED) is 0.450. The highest BCUT2D eigenvalue weighted by molar-refractivity contribution is 5.78. The molecule has 2 heterocycles. The molecule has 2 aromatic heterocycles. The maximum atomic E-state index is 13.5. The molecule has 2 N–H and O–H groups in total. The number of hydrogen-bond acceptors (Lipinski definition) is 3. The average molecular weight is 385 g/mol. The lowest BCUT2D eigenvalue weighted by molar-refractivity contribution is 0.467. The molecule has 0 aliphatic carbocycles. The molecule has 0 aliphatic heterocycles. The van der Waals surface area contributed by atoms with Crippen LogP contribution in [-0.4, -0.2) is 19.7 Å². The zero-order chi connectivity index (χ0) is 19.6. The number of rotatable bonds is 6. The first-order valence-corrected chi connectivity index (χ1v) is 9.57. The van der Waals surface area contributed by atoms with Gasteiger partial charge in [0.2, 0.25) is 0 Å². The van der Waals surface area contributed by atoms with Gasteiger partial charge in [-0.2, -0.15) is 5.10 Å². The van der Waals surface area contributed by atoms with Gasteiger partial charge in [-0.1, -0.05) is 36.4 Å². The largest absolute Gasteiger partial charge is 0.329 e. The van der Waals surface area contributed by atoms with Gasteiger partial charge in [-0.25, -0.2) is 9.37 Å². The Morgan fingerprint density at radius 2 is 1.90 bits per heavy atom. The molecule has 5 nitrogen and oxygen atoms in total. The molecule has 0 unspecified atom stereocenters. The topological polar surface area (TPSA) is 58.5 Å². The molecule has 1 atom stereocenters. The van der Waals surface area contributed by atoms with Gasteiger partial charge in [0.25, 0.3) is 0 Å². The van der Waals surface area contributed by atoms with Crippen LogP contribution in [0, 0.1) is 5.82 Å². The Morgan fingerprint density at radius 3 is 2.79 bits per heavy atom.